The van der Waals surface area contributed by atoms with E-state index in [1.165, 1.54) is 25.1 Å². The van der Waals surface area contributed by atoms with E-state index in [1.54, 1.807) is 0 Å². The summed E-state index contributed by atoms with van der Waals surface area (Å²) >= 11 is 9.01. The Bertz CT molecular complexity index is 454. The van der Waals surface area contributed by atoms with Gasteiger partial charge in [0.2, 0.25) is 0 Å². The number of halogens is 3. The van der Waals surface area contributed by atoms with E-state index in [4.69, 9.17) is 16.7 Å². The molecule has 0 amide bonds. The molecule has 0 heterocycles. The van der Waals surface area contributed by atoms with E-state index in [1.807, 2.05) is 0 Å². The van der Waals surface area contributed by atoms with Gasteiger partial charge in [-0.3, -0.25) is 0 Å². The minimum atomic E-state index is -0.976. The average molecular weight is 323 g/mol. The molecule has 3 nitrogen and oxygen atoms in total. The molecule has 0 aliphatic carbocycles. The topological polar surface area (TPSA) is 49.3 Å². The highest BCUT2D eigenvalue weighted by molar-refractivity contribution is 9.10. The van der Waals surface area contributed by atoms with Crippen LogP contribution in [0.1, 0.15) is 6.92 Å². The van der Waals surface area contributed by atoms with Gasteiger partial charge in [-0.05, 0) is 35.0 Å². The van der Waals surface area contributed by atoms with Crippen molar-refractivity contribution in [2.75, 3.05) is 11.9 Å². The van der Waals surface area contributed by atoms with Crippen molar-refractivity contribution >= 4 is 39.2 Å². The monoisotopic (exact) mass is 321 g/mol. The summed E-state index contributed by atoms with van der Waals surface area (Å²) < 4.78 is 13.4. The van der Waals surface area contributed by atoms with E-state index in [0.717, 1.165) is 0 Å². The number of anilines is 1. The van der Waals surface area contributed by atoms with Crippen LogP contribution in [-0.4, -0.2) is 17.6 Å². The number of benzene rings is 1. The largest absolute Gasteiger partial charge is 0.478 e. The second-order valence-corrected chi connectivity index (χ2v) is 4.58. The third-order valence-corrected chi connectivity index (χ3v) is 2.95. The molecule has 1 rings (SSSR count). The maximum Gasteiger partial charge on any atom is 0.331 e. The number of carboxylic acids is 1. The van der Waals surface area contributed by atoms with E-state index < -0.39 is 11.8 Å². The molecule has 0 aromatic heterocycles. The first-order valence-corrected chi connectivity index (χ1v) is 5.87. The van der Waals surface area contributed by atoms with Crippen molar-refractivity contribution in [1.82, 2.24) is 0 Å². The molecule has 0 atom stereocenters. The van der Waals surface area contributed by atoms with E-state index in [-0.39, 0.29) is 10.6 Å². The predicted molar refractivity (Wildman–Crippen MR) is 69.0 cm³/mol. The normalized spacial score (nSPS) is 11.4. The second kappa shape index (κ2) is 6.02. The number of aliphatic carboxylic acids is 1. The Balaban J connectivity index is 2.77. The molecule has 92 valence electrons. The third-order valence-electron chi connectivity index (χ3n) is 2.03. The van der Waals surface area contributed by atoms with Gasteiger partial charge in [-0.1, -0.05) is 17.7 Å². The van der Waals surface area contributed by atoms with Gasteiger partial charge < -0.3 is 10.4 Å². The summed E-state index contributed by atoms with van der Waals surface area (Å²) in [6.07, 6.45) is 1.51. The van der Waals surface area contributed by atoms with Gasteiger partial charge >= 0.3 is 5.97 Å². The number of carbonyl (C=O) groups is 1. The van der Waals surface area contributed by atoms with Crippen molar-refractivity contribution in [3.05, 3.63) is 39.1 Å². The van der Waals surface area contributed by atoms with Crippen LogP contribution in [0, 0.1) is 5.82 Å². The number of hydrogen-bond acceptors (Lipinski definition) is 2. The Morgan fingerprint density at radius 1 is 1.65 bits per heavy atom. The number of rotatable bonds is 4. The first kappa shape index (κ1) is 14.0. The SMILES string of the molecule is CC(=CCNc1c(Cl)cc(F)cc1Br)C(=O)O. The quantitative estimate of drug-likeness (QED) is 0.831. The fourth-order valence-electron chi connectivity index (χ4n) is 1.10. The number of carboxylic acid groups (broad SMARTS) is 1. The van der Waals surface area contributed by atoms with Gasteiger partial charge in [0.15, 0.2) is 0 Å². The Morgan fingerprint density at radius 3 is 2.82 bits per heavy atom. The fraction of sp³-hybridized carbons (Fsp3) is 0.182. The highest BCUT2D eigenvalue weighted by Crippen LogP contribution is 2.31. The molecular formula is C11H10BrClFNO2. The van der Waals surface area contributed by atoms with Crippen LogP contribution in [0.5, 0.6) is 0 Å². The van der Waals surface area contributed by atoms with Crippen LogP contribution in [-0.2, 0) is 4.79 Å². The van der Waals surface area contributed by atoms with Crippen LogP contribution in [0.3, 0.4) is 0 Å². The van der Waals surface area contributed by atoms with E-state index in [0.29, 0.717) is 16.7 Å². The summed E-state index contributed by atoms with van der Waals surface area (Å²) in [6, 6.07) is 2.46. The maximum absolute atomic E-state index is 12.9. The van der Waals surface area contributed by atoms with E-state index in [9.17, 15) is 9.18 Å². The van der Waals surface area contributed by atoms with Gasteiger partial charge in [0, 0.05) is 16.6 Å². The molecule has 0 spiro atoms. The van der Waals surface area contributed by atoms with E-state index in [2.05, 4.69) is 21.2 Å². The number of hydrogen-bond donors (Lipinski definition) is 2. The lowest BCUT2D eigenvalue weighted by Crippen LogP contribution is -2.04. The standard InChI is InChI=1S/C11H10BrClFNO2/c1-6(11(16)17)2-3-15-10-8(12)4-7(14)5-9(10)13/h2,4-5,15H,3H2,1H3,(H,16,17). The molecule has 0 bridgehead atoms. The molecule has 6 heteroatoms. The van der Waals surface area contributed by atoms with Crippen molar-refractivity contribution in [3.8, 4) is 0 Å². The lowest BCUT2D eigenvalue weighted by atomic mass is 10.2. The maximum atomic E-state index is 12.9. The molecule has 0 unspecified atom stereocenters. The highest BCUT2D eigenvalue weighted by atomic mass is 79.9. The predicted octanol–water partition coefficient (Wildman–Crippen LogP) is 3.68. The van der Waals surface area contributed by atoms with Crippen molar-refractivity contribution in [3.63, 3.8) is 0 Å². The van der Waals surface area contributed by atoms with Gasteiger partial charge in [-0.25, -0.2) is 9.18 Å². The highest BCUT2D eigenvalue weighted by Gasteiger charge is 2.07. The van der Waals surface area contributed by atoms with Crippen LogP contribution >= 0.6 is 27.5 Å². The van der Waals surface area contributed by atoms with Crippen LogP contribution in [0.4, 0.5) is 10.1 Å². The van der Waals surface area contributed by atoms with Crippen molar-refractivity contribution < 1.29 is 14.3 Å². The zero-order valence-corrected chi connectivity index (χ0v) is 11.3. The van der Waals surface area contributed by atoms with Crippen molar-refractivity contribution in [2.45, 2.75) is 6.92 Å². The Hall–Kier alpha value is -1.07. The number of nitrogens with one attached hydrogen (secondary N) is 1. The fourth-order valence-corrected chi connectivity index (χ4v) is 2.06. The molecule has 0 aliphatic rings. The van der Waals surface area contributed by atoms with Crippen LogP contribution in [0.15, 0.2) is 28.3 Å². The Kier molecular flexibility index (Phi) is 4.96. The Morgan fingerprint density at radius 2 is 2.29 bits per heavy atom. The molecule has 0 radical (unpaired) electrons. The van der Waals surface area contributed by atoms with Gasteiger partial charge in [0.05, 0.1) is 10.7 Å². The van der Waals surface area contributed by atoms with Crippen molar-refractivity contribution in [2.24, 2.45) is 0 Å². The first-order valence-electron chi connectivity index (χ1n) is 4.70. The van der Waals surface area contributed by atoms with Gasteiger partial charge in [0.25, 0.3) is 0 Å². The molecule has 0 saturated carbocycles. The van der Waals surface area contributed by atoms with Gasteiger partial charge in [-0.15, -0.1) is 0 Å². The summed E-state index contributed by atoms with van der Waals surface area (Å²) in [5.41, 5.74) is 0.759. The molecule has 17 heavy (non-hydrogen) atoms. The molecule has 0 fully saturated rings. The second-order valence-electron chi connectivity index (χ2n) is 3.32. The third kappa shape index (κ3) is 4.02. The molecule has 0 saturated heterocycles. The average Bonchev–Trinajstić information content (AvgIpc) is 2.21. The Labute approximate surface area is 111 Å². The molecule has 0 aliphatic heterocycles. The van der Waals surface area contributed by atoms with Crippen LogP contribution < -0.4 is 5.32 Å². The zero-order valence-electron chi connectivity index (χ0n) is 8.93. The molecule has 1 aromatic rings. The summed E-state index contributed by atoms with van der Waals surface area (Å²) in [5.74, 6) is -1.42. The van der Waals surface area contributed by atoms with Gasteiger partial charge in [0.1, 0.15) is 5.82 Å². The molecular weight excluding hydrogens is 312 g/mol. The summed E-state index contributed by atoms with van der Waals surface area (Å²) in [5, 5.41) is 11.8. The van der Waals surface area contributed by atoms with Crippen molar-refractivity contribution in [1.29, 1.82) is 0 Å². The minimum absolute atomic E-state index is 0.229. The smallest absolute Gasteiger partial charge is 0.331 e. The molecule has 1 aromatic carbocycles. The lowest BCUT2D eigenvalue weighted by molar-refractivity contribution is -0.132. The van der Waals surface area contributed by atoms with Crippen LogP contribution in [0.25, 0.3) is 0 Å². The van der Waals surface area contributed by atoms with Gasteiger partial charge in [-0.2, -0.15) is 0 Å². The zero-order chi connectivity index (χ0) is 13.0. The van der Waals surface area contributed by atoms with E-state index >= 15 is 0 Å². The summed E-state index contributed by atoms with van der Waals surface area (Å²) in [6.45, 7) is 1.79. The molecule has 2 N–H and O–H groups in total. The minimum Gasteiger partial charge on any atom is -0.478 e. The summed E-state index contributed by atoms with van der Waals surface area (Å²) in [4.78, 5) is 10.5. The lowest BCUT2D eigenvalue weighted by Gasteiger charge is -2.09. The first-order chi connectivity index (χ1) is 7.91. The summed E-state index contributed by atoms with van der Waals surface area (Å²) in [7, 11) is 0. The van der Waals surface area contributed by atoms with Crippen LogP contribution in [0.2, 0.25) is 5.02 Å².